The molecule has 0 aromatic carbocycles. The van der Waals surface area contributed by atoms with Gasteiger partial charge in [0.25, 0.3) is 0 Å². The van der Waals surface area contributed by atoms with E-state index >= 15 is 0 Å². The van der Waals surface area contributed by atoms with Crippen molar-refractivity contribution in [3.05, 3.63) is 0 Å². The van der Waals surface area contributed by atoms with Crippen LogP contribution >= 0.6 is 32.1 Å². The van der Waals surface area contributed by atoms with Gasteiger partial charge in [0.05, 0.1) is 0 Å². The molecule has 0 aromatic rings. The predicted molar refractivity (Wildman–Crippen MR) is 92.2 cm³/mol. The molecule has 0 bridgehead atoms. The molecule has 1 unspecified atom stereocenters. The molecule has 3 aliphatic rings. The summed E-state index contributed by atoms with van der Waals surface area (Å²) in [4.78, 5) is 0.651. The van der Waals surface area contributed by atoms with Crippen LogP contribution in [0.15, 0.2) is 0 Å². The second kappa shape index (κ2) is 7.08. The van der Waals surface area contributed by atoms with Gasteiger partial charge < -0.3 is 0 Å². The SMILES string of the molecule is BrC1CCCN1[PH+](N1CCCC1)N1CCCC1.F[P-](F)(F)(F)(F)F. The second-order valence-electron chi connectivity index (χ2n) is 6.42. The Balaban J connectivity index is 0.000000256. The van der Waals surface area contributed by atoms with Crippen LogP contribution in [-0.2, 0) is 0 Å². The summed E-state index contributed by atoms with van der Waals surface area (Å²) in [5, 5.41) is 0. The average molecular weight is 466 g/mol. The van der Waals surface area contributed by atoms with E-state index in [1.807, 2.05) is 0 Å². The molecule has 146 valence electrons. The van der Waals surface area contributed by atoms with Gasteiger partial charge in [-0.2, -0.15) is 9.34 Å². The number of nitrogens with zero attached hydrogens (tertiary/aromatic N) is 3. The number of hydrogen-bond donors (Lipinski definition) is 0. The Bertz CT molecular complexity index is 397. The van der Waals surface area contributed by atoms with Crippen LogP contribution in [-0.4, -0.2) is 51.7 Å². The average Bonchev–Trinajstić information content (AvgIpc) is 3.11. The van der Waals surface area contributed by atoms with Gasteiger partial charge in [0.1, 0.15) is 4.95 Å². The van der Waals surface area contributed by atoms with Crippen molar-refractivity contribution in [2.24, 2.45) is 0 Å². The number of rotatable bonds is 3. The number of hydrogen-bond acceptors (Lipinski definition) is 3. The topological polar surface area (TPSA) is 9.72 Å². The summed E-state index contributed by atoms with van der Waals surface area (Å²) in [6.45, 7) is 6.71. The molecule has 0 amide bonds. The monoisotopic (exact) mass is 465 g/mol. The summed E-state index contributed by atoms with van der Waals surface area (Å²) >= 11 is 3.90. The van der Waals surface area contributed by atoms with E-state index in [0.29, 0.717) is 4.95 Å². The quantitative estimate of drug-likeness (QED) is 0.208. The van der Waals surface area contributed by atoms with Gasteiger partial charge >= 0.3 is 33.0 Å². The van der Waals surface area contributed by atoms with Crippen LogP contribution in [0.4, 0.5) is 25.2 Å². The first-order chi connectivity index (χ1) is 10.8. The molecule has 3 heterocycles. The maximum atomic E-state index is 9.87. The van der Waals surface area contributed by atoms with Crippen LogP contribution < -0.4 is 0 Å². The number of alkyl halides is 1. The molecule has 0 aliphatic carbocycles. The third-order valence-electron chi connectivity index (χ3n) is 4.21. The predicted octanol–water partition coefficient (Wildman–Crippen LogP) is 6.34. The van der Waals surface area contributed by atoms with E-state index in [0.717, 1.165) is 0 Å². The van der Waals surface area contributed by atoms with Gasteiger partial charge in [-0.3, -0.25) is 0 Å². The molecule has 3 rings (SSSR count). The minimum absolute atomic E-state index is 0.573. The molecule has 1 atom stereocenters. The third kappa shape index (κ3) is 8.00. The van der Waals surface area contributed by atoms with Crippen molar-refractivity contribution in [2.45, 2.75) is 43.5 Å². The molecule has 3 saturated heterocycles. The van der Waals surface area contributed by atoms with E-state index in [1.54, 1.807) is 0 Å². The van der Waals surface area contributed by atoms with Crippen LogP contribution in [0.1, 0.15) is 38.5 Å². The zero-order valence-electron chi connectivity index (χ0n) is 13.3. The molecular formula is C12H24BrF6N3P2. The molecule has 24 heavy (non-hydrogen) atoms. The fraction of sp³-hybridized carbons (Fsp3) is 1.00. The van der Waals surface area contributed by atoms with E-state index in [4.69, 9.17) is 0 Å². The summed E-state index contributed by atoms with van der Waals surface area (Å²) < 4.78 is 67.6. The first kappa shape index (κ1) is 21.1. The van der Waals surface area contributed by atoms with Gasteiger partial charge in [0, 0.05) is 32.7 Å². The van der Waals surface area contributed by atoms with Crippen molar-refractivity contribution in [2.75, 3.05) is 32.7 Å². The fourth-order valence-electron chi connectivity index (χ4n) is 3.35. The Hall–Kier alpha value is 0.800. The second-order valence-corrected chi connectivity index (χ2v) is 11.8. The van der Waals surface area contributed by atoms with Crippen molar-refractivity contribution >= 4 is 32.1 Å². The molecule has 3 nitrogen and oxygen atoms in total. The molecule has 0 aromatic heterocycles. The summed E-state index contributed by atoms with van der Waals surface area (Å²) in [5.41, 5.74) is 0. The van der Waals surface area contributed by atoms with Gasteiger partial charge in [0.2, 0.25) is 8.37 Å². The van der Waals surface area contributed by atoms with E-state index in [9.17, 15) is 25.2 Å². The Labute approximate surface area is 148 Å². The normalized spacial score (nSPS) is 30.2. The Morgan fingerprint density at radius 2 is 1.08 bits per heavy atom. The van der Waals surface area contributed by atoms with Gasteiger partial charge in [0.15, 0.2) is 0 Å². The summed E-state index contributed by atoms with van der Waals surface area (Å²) in [6.07, 6.45) is 8.40. The van der Waals surface area contributed by atoms with Gasteiger partial charge in [-0.1, -0.05) is 15.9 Å². The zero-order valence-corrected chi connectivity index (χ0v) is 16.8. The van der Waals surface area contributed by atoms with Crippen LogP contribution in [0, 0.1) is 0 Å². The molecule has 0 spiro atoms. The van der Waals surface area contributed by atoms with E-state index in [2.05, 4.69) is 29.9 Å². The molecule has 3 aliphatic heterocycles. The van der Waals surface area contributed by atoms with Crippen molar-refractivity contribution in [1.82, 2.24) is 14.0 Å². The zero-order chi connectivity index (χ0) is 18.1. The summed E-state index contributed by atoms with van der Waals surface area (Å²) in [6, 6.07) is 0. The molecule has 0 saturated carbocycles. The van der Waals surface area contributed by atoms with Gasteiger partial charge in [-0.05, 0) is 38.5 Å². The first-order valence-electron chi connectivity index (χ1n) is 8.15. The van der Waals surface area contributed by atoms with E-state index in [1.165, 1.54) is 71.2 Å². The van der Waals surface area contributed by atoms with E-state index in [-0.39, 0.29) is 0 Å². The van der Waals surface area contributed by atoms with Crippen LogP contribution in [0.5, 0.6) is 0 Å². The first-order valence-corrected chi connectivity index (χ1v) is 12.4. The van der Waals surface area contributed by atoms with Crippen LogP contribution in [0.2, 0.25) is 0 Å². The maximum absolute atomic E-state index is 10.7. The fourth-order valence-corrected chi connectivity index (χ4v) is 7.72. The Morgan fingerprint density at radius 3 is 1.38 bits per heavy atom. The summed E-state index contributed by atoms with van der Waals surface area (Å²) in [7, 11) is -11.2. The van der Waals surface area contributed by atoms with Crippen molar-refractivity contribution in [3.8, 4) is 0 Å². The molecule has 3 fully saturated rings. The van der Waals surface area contributed by atoms with E-state index < -0.39 is 16.2 Å². The number of halogens is 7. The van der Waals surface area contributed by atoms with Crippen molar-refractivity contribution in [3.63, 3.8) is 0 Å². The molecule has 12 heteroatoms. The standard InChI is InChI=1S/C12H23BrN3P.F6P/c13-12-6-5-11-16(12)17(14-7-1-2-8-14)15-9-3-4-10-15;1-7(2,3,4,5)6/h12H,1-11H2;/q;-1/p+1. The van der Waals surface area contributed by atoms with Gasteiger partial charge in [-0.15, -0.1) is 4.67 Å². The molecule has 0 N–H and O–H groups in total. The third-order valence-corrected chi connectivity index (χ3v) is 8.62. The summed E-state index contributed by atoms with van der Waals surface area (Å²) in [5.74, 6) is 0. The van der Waals surface area contributed by atoms with Gasteiger partial charge in [-0.25, -0.2) is 0 Å². The van der Waals surface area contributed by atoms with Crippen molar-refractivity contribution in [1.29, 1.82) is 0 Å². The molecule has 0 radical (unpaired) electrons. The van der Waals surface area contributed by atoms with Crippen molar-refractivity contribution < 1.29 is 25.2 Å². The minimum atomic E-state index is -10.7. The van der Waals surface area contributed by atoms with Crippen LogP contribution in [0.25, 0.3) is 0 Å². The molecular weight excluding hydrogens is 442 g/mol. The Kier molecular flexibility index (Phi) is 6.23. The Morgan fingerprint density at radius 1 is 0.708 bits per heavy atom. The van der Waals surface area contributed by atoms with Crippen LogP contribution in [0.3, 0.4) is 0 Å².